The maximum Gasteiger partial charge on any atom is 0.316 e. The Labute approximate surface area is 146 Å². The van der Waals surface area contributed by atoms with E-state index in [0.29, 0.717) is 12.4 Å². The van der Waals surface area contributed by atoms with Gasteiger partial charge in [-0.25, -0.2) is 0 Å². The second kappa shape index (κ2) is 7.94. The van der Waals surface area contributed by atoms with Crippen molar-refractivity contribution in [3.05, 3.63) is 36.4 Å². The van der Waals surface area contributed by atoms with E-state index in [1.807, 2.05) is 30.5 Å². The average Bonchev–Trinajstić information content (AvgIpc) is 3.30. The number of H-pyrrole nitrogens is 1. The molecule has 7 heteroatoms. The SMILES string of the molecule is CCN(CC)CCCNC(=O)c1nc(-c2cccc3[nH]ccc23)no1. The molecule has 1 aromatic carbocycles. The summed E-state index contributed by atoms with van der Waals surface area (Å²) in [5.74, 6) is 0.0726. The van der Waals surface area contributed by atoms with Gasteiger partial charge in [-0.1, -0.05) is 31.1 Å². The summed E-state index contributed by atoms with van der Waals surface area (Å²) in [4.78, 5) is 21.9. The lowest BCUT2D eigenvalue weighted by atomic mass is 10.1. The van der Waals surface area contributed by atoms with E-state index in [2.05, 4.69) is 39.2 Å². The number of amides is 1. The number of fused-ring (bicyclic) bond motifs is 1. The number of aromatic nitrogens is 3. The minimum Gasteiger partial charge on any atom is -0.361 e. The van der Waals surface area contributed by atoms with Gasteiger partial charge in [-0.05, 0) is 38.2 Å². The molecule has 1 amide bonds. The molecular formula is C18H23N5O2. The van der Waals surface area contributed by atoms with E-state index in [1.54, 1.807) is 0 Å². The van der Waals surface area contributed by atoms with Crippen molar-refractivity contribution in [2.24, 2.45) is 0 Å². The van der Waals surface area contributed by atoms with Crippen LogP contribution in [0.15, 0.2) is 35.0 Å². The van der Waals surface area contributed by atoms with Crippen LogP contribution in [0.5, 0.6) is 0 Å². The van der Waals surface area contributed by atoms with Gasteiger partial charge in [-0.2, -0.15) is 4.98 Å². The monoisotopic (exact) mass is 341 g/mol. The lowest BCUT2D eigenvalue weighted by Gasteiger charge is -2.17. The zero-order valence-electron chi connectivity index (χ0n) is 14.6. The average molecular weight is 341 g/mol. The van der Waals surface area contributed by atoms with Gasteiger partial charge >= 0.3 is 11.8 Å². The number of hydrogen-bond donors (Lipinski definition) is 2. The van der Waals surface area contributed by atoms with Crippen LogP contribution in [0.3, 0.4) is 0 Å². The van der Waals surface area contributed by atoms with Crippen LogP contribution in [0, 0.1) is 0 Å². The summed E-state index contributed by atoms with van der Waals surface area (Å²) in [6, 6.07) is 7.75. The molecule has 132 valence electrons. The molecule has 3 aromatic rings. The summed E-state index contributed by atoms with van der Waals surface area (Å²) in [6.07, 6.45) is 2.74. The molecule has 0 fully saturated rings. The van der Waals surface area contributed by atoms with E-state index < -0.39 is 0 Å². The third-order valence-electron chi connectivity index (χ3n) is 4.29. The highest BCUT2D eigenvalue weighted by Gasteiger charge is 2.17. The first-order valence-electron chi connectivity index (χ1n) is 8.63. The molecule has 0 bridgehead atoms. The van der Waals surface area contributed by atoms with Crippen LogP contribution in [-0.2, 0) is 0 Å². The number of benzene rings is 1. The lowest BCUT2D eigenvalue weighted by molar-refractivity contribution is 0.0908. The van der Waals surface area contributed by atoms with Crippen LogP contribution in [-0.4, -0.2) is 52.1 Å². The lowest BCUT2D eigenvalue weighted by Crippen LogP contribution is -2.30. The van der Waals surface area contributed by atoms with E-state index in [4.69, 9.17) is 4.52 Å². The van der Waals surface area contributed by atoms with E-state index in [1.165, 1.54) is 0 Å². The number of hydrogen-bond acceptors (Lipinski definition) is 5. The smallest absolute Gasteiger partial charge is 0.316 e. The highest BCUT2D eigenvalue weighted by atomic mass is 16.5. The van der Waals surface area contributed by atoms with Gasteiger partial charge in [0.1, 0.15) is 0 Å². The maximum atomic E-state index is 12.2. The molecule has 0 saturated heterocycles. The van der Waals surface area contributed by atoms with Crippen LogP contribution in [0.25, 0.3) is 22.3 Å². The second-order valence-corrected chi connectivity index (χ2v) is 5.80. The van der Waals surface area contributed by atoms with Crippen molar-refractivity contribution < 1.29 is 9.32 Å². The maximum absolute atomic E-state index is 12.2. The molecule has 0 unspecified atom stereocenters. The molecule has 3 rings (SSSR count). The van der Waals surface area contributed by atoms with Crippen molar-refractivity contribution in [1.29, 1.82) is 0 Å². The molecule has 2 N–H and O–H groups in total. The van der Waals surface area contributed by atoms with Gasteiger partial charge in [0.05, 0.1) is 0 Å². The first kappa shape index (κ1) is 17.2. The molecule has 0 aliphatic carbocycles. The Balaban J connectivity index is 1.61. The normalized spacial score (nSPS) is 11.3. The summed E-state index contributed by atoms with van der Waals surface area (Å²) in [5.41, 5.74) is 1.83. The summed E-state index contributed by atoms with van der Waals surface area (Å²) in [7, 11) is 0. The van der Waals surface area contributed by atoms with Gasteiger partial charge in [0.15, 0.2) is 0 Å². The Kier molecular flexibility index (Phi) is 5.45. The fraction of sp³-hybridized carbons (Fsp3) is 0.389. The predicted molar refractivity (Wildman–Crippen MR) is 96.3 cm³/mol. The fourth-order valence-electron chi connectivity index (χ4n) is 2.83. The van der Waals surface area contributed by atoms with Gasteiger partial charge in [-0.3, -0.25) is 4.79 Å². The van der Waals surface area contributed by atoms with E-state index in [0.717, 1.165) is 42.5 Å². The molecule has 0 radical (unpaired) electrons. The molecule has 0 atom stereocenters. The van der Waals surface area contributed by atoms with Crippen molar-refractivity contribution in [1.82, 2.24) is 25.3 Å². The van der Waals surface area contributed by atoms with Crippen LogP contribution in [0.4, 0.5) is 0 Å². The van der Waals surface area contributed by atoms with E-state index in [-0.39, 0.29) is 11.8 Å². The van der Waals surface area contributed by atoms with Crippen LogP contribution in [0.2, 0.25) is 0 Å². The largest absolute Gasteiger partial charge is 0.361 e. The van der Waals surface area contributed by atoms with Crippen molar-refractivity contribution in [2.45, 2.75) is 20.3 Å². The topological polar surface area (TPSA) is 87.0 Å². The molecule has 0 saturated carbocycles. The van der Waals surface area contributed by atoms with E-state index in [9.17, 15) is 4.79 Å². The van der Waals surface area contributed by atoms with Crippen LogP contribution < -0.4 is 5.32 Å². The Morgan fingerprint density at radius 1 is 1.28 bits per heavy atom. The molecule has 0 aliphatic rings. The van der Waals surface area contributed by atoms with Gasteiger partial charge in [0, 0.05) is 29.2 Å². The summed E-state index contributed by atoms with van der Waals surface area (Å²) < 4.78 is 5.13. The number of rotatable bonds is 8. The number of carbonyl (C=O) groups excluding carboxylic acids is 1. The zero-order chi connectivity index (χ0) is 17.6. The Morgan fingerprint density at radius 2 is 2.12 bits per heavy atom. The first-order chi connectivity index (χ1) is 12.2. The first-order valence-corrected chi connectivity index (χ1v) is 8.63. The standard InChI is InChI=1S/C18H23N5O2/c1-3-23(4-2)12-6-10-20-17(24)18-21-16(22-25-18)14-7-5-8-15-13(14)9-11-19-15/h5,7-9,11,19H,3-4,6,10,12H2,1-2H3,(H,20,24). The van der Waals surface area contributed by atoms with Gasteiger partial charge < -0.3 is 19.7 Å². The molecule has 0 spiro atoms. The van der Waals surface area contributed by atoms with Crippen LogP contribution >= 0.6 is 0 Å². The molecule has 7 nitrogen and oxygen atoms in total. The number of carbonyl (C=O) groups is 1. The van der Waals surface area contributed by atoms with Gasteiger partial charge in [-0.15, -0.1) is 0 Å². The summed E-state index contributed by atoms with van der Waals surface area (Å²) in [6.45, 7) is 7.84. The Hall–Kier alpha value is -2.67. The molecule has 2 heterocycles. The van der Waals surface area contributed by atoms with Crippen LogP contribution in [0.1, 0.15) is 31.0 Å². The minimum absolute atomic E-state index is 0.00891. The summed E-state index contributed by atoms with van der Waals surface area (Å²) >= 11 is 0. The third kappa shape index (κ3) is 3.88. The van der Waals surface area contributed by atoms with E-state index >= 15 is 0 Å². The summed E-state index contributed by atoms with van der Waals surface area (Å²) in [5, 5.41) is 7.78. The highest BCUT2D eigenvalue weighted by Crippen LogP contribution is 2.25. The quantitative estimate of drug-likeness (QED) is 0.615. The Morgan fingerprint density at radius 3 is 2.92 bits per heavy atom. The minimum atomic E-state index is -0.334. The van der Waals surface area contributed by atoms with Crippen molar-refractivity contribution in [2.75, 3.05) is 26.2 Å². The molecule has 2 aromatic heterocycles. The fourth-order valence-corrected chi connectivity index (χ4v) is 2.83. The predicted octanol–water partition coefficient (Wildman–Crippen LogP) is 2.68. The molecular weight excluding hydrogens is 318 g/mol. The molecule has 0 aliphatic heterocycles. The number of aromatic amines is 1. The number of nitrogens with one attached hydrogen (secondary N) is 2. The zero-order valence-corrected chi connectivity index (χ0v) is 14.6. The van der Waals surface area contributed by atoms with Gasteiger partial charge in [0.2, 0.25) is 5.82 Å². The number of nitrogens with zero attached hydrogens (tertiary/aromatic N) is 3. The van der Waals surface area contributed by atoms with Crippen molar-refractivity contribution in [3.63, 3.8) is 0 Å². The molecule has 25 heavy (non-hydrogen) atoms. The highest BCUT2D eigenvalue weighted by molar-refractivity contribution is 5.94. The second-order valence-electron chi connectivity index (χ2n) is 5.80. The van der Waals surface area contributed by atoms with Crippen molar-refractivity contribution in [3.8, 4) is 11.4 Å². The van der Waals surface area contributed by atoms with Gasteiger partial charge in [0.25, 0.3) is 0 Å². The van der Waals surface area contributed by atoms with Crippen molar-refractivity contribution >= 4 is 16.8 Å². The third-order valence-corrected chi connectivity index (χ3v) is 4.29. The Bertz CT molecular complexity index is 835.